The van der Waals surface area contributed by atoms with Gasteiger partial charge in [-0.25, -0.2) is 12.8 Å². The number of benzene rings is 1. The zero-order valence-electron chi connectivity index (χ0n) is 10.6. The molecule has 2 rings (SSSR count). The molecule has 1 fully saturated rings. The van der Waals surface area contributed by atoms with Gasteiger partial charge in [-0.3, -0.25) is 4.72 Å². The van der Waals surface area contributed by atoms with Crippen molar-refractivity contribution >= 4 is 15.7 Å². The molecule has 1 aliphatic rings. The molecule has 1 aromatic carbocycles. The molecule has 0 aliphatic carbocycles. The van der Waals surface area contributed by atoms with E-state index in [-0.39, 0.29) is 17.5 Å². The van der Waals surface area contributed by atoms with Gasteiger partial charge in [0.15, 0.2) is 11.6 Å². The van der Waals surface area contributed by atoms with E-state index < -0.39 is 15.8 Å². The summed E-state index contributed by atoms with van der Waals surface area (Å²) in [4.78, 5) is 0. The van der Waals surface area contributed by atoms with Gasteiger partial charge in [0.05, 0.1) is 18.6 Å². The summed E-state index contributed by atoms with van der Waals surface area (Å²) in [6, 6.07) is 3.86. The molecule has 5 nitrogen and oxygen atoms in total. The third-order valence-electron chi connectivity index (χ3n) is 3.01. The van der Waals surface area contributed by atoms with Gasteiger partial charge in [0, 0.05) is 12.1 Å². The minimum atomic E-state index is -3.45. The van der Waals surface area contributed by atoms with Crippen LogP contribution in [0.4, 0.5) is 10.1 Å². The predicted molar refractivity (Wildman–Crippen MR) is 71.4 cm³/mol. The lowest BCUT2D eigenvalue weighted by Crippen LogP contribution is -2.32. The number of halogens is 1. The smallest absolute Gasteiger partial charge is 0.234 e. The van der Waals surface area contributed by atoms with Crippen LogP contribution in [0.15, 0.2) is 18.2 Å². The molecule has 0 amide bonds. The largest absolute Gasteiger partial charge is 0.494 e. The second-order valence-electron chi connectivity index (χ2n) is 4.53. The fourth-order valence-corrected chi connectivity index (χ4v) is 3.49. The first-order valence-corrected chi connectivity index (χ1v) is 7.73. The third kappa shape index (κ3) is 3.81. The van der Waals surface area contributed by atoms with E-state index in [9.17, 15) is 12.8 Å². The Morgan fingerprint density at radius 1 is 1.53 bits per heavy atom. The topological polar surface area (TPSA) is 67.4 Å². The summed E-state index contributed by atoms with van der Waals surface area (Å²) in [6.07, 6.45) is 1.85. The lowest BCUT2D eigenvalue weighted by Gasteiger charge is -2.13. The van der Waals surface area contributed by atoms with Crippen LogP contribution in [0.3, 0.4) is 0 Å². The molecule has 1 unspecified atom stereocenters. The highest BCUT2D eigenvalue weighted by atomic mass is 32.2. The fraction of sp³-hybridized carbons (Fsp3) is 0.500. The highest BCUT2D eigenvalue weighted by Crippen LogP contribution is 2.22. The molecule has 0 aromatic heterocycles. The van der Waals surface area contributed by atoms with Gasteiger partial charge >= 0.3 is 0 Å². The first kappa shape index (κ1) is 14.1. The van der Waals surface area contributed by atoms with Gasteiger partial charge in [-0.05, 0) is 31.5 Å². The zero-order chi connectivity index (χ0) is 13.9. The molecule has 0 radical (unpaired) electrons. The van der Waals surface area contributed by atoms with Crippen LogP contribution >= 0.6 is 0 Å². The minimum absolute atomic E-state index is 0.0131. The van der Waals surface area contributed by atoms with Crippen molar-refractivity contribution in [2.45, 2.75) is 18.9 Å². The van der Waals surface area contributed by atoms with Crippen molar-refractivity contribution in [2.24, 2.45) is 0 Å². The normalized spacial score (nSPS) is 19.4. The molecule has 0 spiro atoms. The summed E-state index contributed by atoms with van der Waals surface area (Å²) in [5, 5.41) is 3.13. The Kier molecular flexibility index (Phi) is 4.26. The first-order valence-electron chi connectivity index (χ1n) is 6.07. The van der Waals surface area contributed by atoms with E-state index in [1.54, 1.807) is 0 Å². The Balaban J connectivity index is 2.06. The SMILES string of the molecule is COc1cc(NS(=O)(=O)CC2CCCN2)ccc1F. The molecule has 1 atom stereocenters. The van der Waals surface area contributed by atoms with E-state index in [1.165, 1.54) is 25.3 Å². The average molecular weight is 288 g/mol. The Morgan fingerprint density at radius 2 is 2.32 bits per heavy atom. The number of hydrogen-bond donors (Lipinski definition) is 2. The monoisotopic (exact) mass is 288 g/mol. The minimum Gasteiger partial charge on any atom is -0.494 e. The summed E-state index contributed by atoms with van der Waals surface area (Å²) in [5.41, 5.74) is 0.302. The maximum Gasteiger partial charge on any atom is 0.234 e. The molecular weight excluding hydrogens is 271 g/mol. The van der Waals surface area contributed by atoms with Crippen LogP contribution < -0.4 is 14.8 Å². The Labute approximate surface area is 112 Å². The molecule has 1 heterocycles. The molecule has 106 valence electrons. The van der Waals surface area contributed by atoms with E-state index in [1.807, 2.05) is 0 Å². The first-order chi connectivity index (χ1) is 9.00. The Hall–Kier alpha value is -1.34. The standard InChI is InChI=1S/C12H17FN2O3S/c1-18-12-7-9(4-5-11(12)13)15-19(16,17)8-10-3-2-6-14-10/h4-5,7,10,14-15H,2-3,6,8H2,1H3. The molecule has 1 saturated heterocycles. The van der Waals surface area contributed by atoms with Gasteiger partial charge in [0.1, 0.15) is 0 Å². The van der Waals surface area contributed by atoms with Crippen molar-refractivity contribution in [2.75, 3.05) is 24.1 Å². The third-order valence-corrected chi connectivity index (χ3v) is 4.40. The van der Waals surface area contributed by atoms with Gasteiger partial charge in [-0.15, -0.1) is 0 Å². The van der Waals surface area contributed by atoms with Crippen LogP contribution in [0.5, 0.6) is 5.75 Å². The summed E-state index contributed by atoms with van der Waals surface area (Å²) < 4.78 is 44.4. The van der Waals surface area contributed by atoms with Crippen LogP contribution in [0.2, 0.25) is 0 Å². The van der Waals surface area contributed by atoms with Crippen LogP contribution in [0.1, 0.15) is 12.8 Å². The van der Waals surface area contributed by atoms with Crippen LogP contribution in [-0.2, 0) is 10.0 Å². The molecule has 2 N–H and O–H groups in total. The van der Waals surface area contributed by atoms with Crippen molar-refractivity contribution in [1.29, 1.82) is 0 Å². The predicted octanol–water partition coefficient (Wildman–Crippen LogP) is 1.33. The van der Waals surface area contributed by atoms with E-state index in [0.29, 0.717) is 5.69 Å². The van der Waals surface area contributed by atoms with Crippen molar-refractivity contribution < 1.29 is 17.5 Å². The quantitative estimate of drug-likeness (QED) is 0.857. The second kappa shape index (κ2) is 5.75. The number of nitrogens with one attached hydrogen (secondary N) is 2. The Bertz CT molecular complexity index is 542. The van der Waals surface area contributed by atoms with Gasteiger partial charge in [0.25, 0.3) is 0 Å². The Morgan fingerprint density at radius 3 is 2.95 bits per heavy atom. The summed E-state index contributed by atoms with van der Waals surface area (Å²) in [6.45, 7) is 0.852. The van der Waals surface area contributed by atoms with Crippen molar-refractivity contribution in [3.63, 3.8) is 0 Å². The maximum atomic E-state index is 13.2. The summed E-state index contributed by atoms with van der Waals surface area (Å²) in [7, 11) is -2.11. The number of methoxy groups -OCH3 is 1. The van der Waals surface area contributed by atoms with Gasteiger partial charge in [-0.1, -0.05) is 0 Å². The number of sulfonamides is 1. The van der Waals surface area contributed by atoms with Crippen molar-refractivity contribution in [3.8, 4) is 5.75 Å². The average Bonchev–Trinajstić information content (AvgIpc) is 2.83. The molecule has 0 saturated carbocycles. The molecule has 0 bridgehead atoms. The van der Waals surface area contributed by atoms with Crippen LogP contribution in [0, 0.1) is 5.82 Å². The second-order valence-corrected chi connectivity index (χ2v) is 6.29. The number of ether oxygens (including phenoxy) is 1. The van der Waals surface area contributed by atoms with E-state index in [4.69, 9.17) is 4.74 Å². The van der Waals surface area contributed by atoms with E-state index >= 15 is 0 Å². The molecule has 1 aliphatic heterocycles. The summed E-state index contributed by atoms with van der Waals surface area (Å²) >= 11 is 0. The van der Waals surface area contributed by atoms with E-state index in [0.717, 1.165) is 19.4 Å². The highest BCUT2D eigenvalue weighted by Gasteiger charge is 2.22. The molecule has 1 aromatic rings. The molecular formula is C12H17FN2O3S. The van der Waals surface area contributed by atoms with Crippen molar-refractivity contribution in [1.82, 2.24) is 5.32 Å². The molecule has 19 heavy (non-hydrogen) atoms. The zero-order valence-corrected chi connectivity index (χ0v) is 11.5. The maximum absolute atomic E-state index is 13.2. The van der Waals surface area contributed by atoms with Gasteiger partial charge in [-0.2, -0.15) is 0 Å². The number of hydrogen-bond acceptors (Lipinski definition) is 4. The van der Waals surface area contributed by atoms with Crippen LogP contribution in [0.25, 0.3) is 0 Å². The van der Waals surface area contributed by atoms with Crippen LogP contribution in [-0.4, -0.2) is 33.9 Å². The number of rotatable bonds is 5. The highest BCUT2D eigenvalue weighted by molar-refractivity contribution is 7.92. The van der Waals surface area contributed by atoms with Crippen molar-refractivity contribution in [3.05, 3.63) is 24.0 Å². The van der Waals surface area contributed by atoms with Gasteiger partial charge < -0.3 is 10.1 Å². The van der Waals surface area contributed by atoms with E-state index in [2.05, 4.69) is 10.0 Å². The lowest BCUT2D eigenvalue weighted by atomic mass is 10.3. The van der Waals surface area contributed by atoms with Gasteiger partial charge in [0.2, 0.25) is 10.0 Å². The summed E-state index contributed by atoms with van der Waals surface area (Å²) in [5.74, 6) is -0.491. The molecule has 7 heteroatoms. The number of anilines is 1. The fourth-order valence-electron chi connectivity index (χ4n) is 2.11. The lowest BCUT2D eigenvalue weighted by molar-refractivity contribution is 0.387.